The number of primary amides is 1. The minimum atomic E-state index is -0.851. The first-order valence-electron chi connectivity index (χ1n) is 10.7. The molecule has 2 aromatic carbocycles. The highest BCUT2D eigenvalue weighted by Crippen LogP contribution is 2.27. The number of carbonyl (C=O) groups excluding carboxylic acids is 1. The summed E-state index contributed by atoms with van der Waals surface area (Å²) in [5.74, 6) is 0.344. The van der Waals surface area contributed by atoms with Gasteiger partial charge in [-0.3, -0.25) is 4.90 Å². The van der Waals surface area contributed by atoms with Gasteiger partial charge in [-0.2, -0.15) is 0 Å². The van der Waals surface area contributed by atoms with Crippen LogP contribution in [0.15, 0.2) is 79.1 Å². The molecule has 0 spiro atoms. The first kappa shape index (κ1) is 20.1. The minimum absolute atomic E-state index is 0.344. The van der Waals surface area contributed by atoms with Crippen LogP contribution in [0, 0.1) is 0 Å². The molecule has 5 rings (SSSR count). The van der Waals surface area contributed by atoms with Gasteiger partial charge in [-0.25, -0.2) is 9.78 Å². The van der Waals surface area contributed by atoms with Crippen LogP contribution in [0.5, 0.6) is 5.75 Å². The monoisotopic (exact) mass is 427 g/mol. The third-order valence-corrected chi connectivity index (χ3v) is 5.81. The van der Waals surface area contributed by atoms with Crippen LogP contribution in [-0.4, -0.2) is 46.6 Å². The summed E-state index contributed by atoms with van der Waals surface area (Å²) >= 11 is 0. The predicted octanol–water partition coefficient (Wildman–Crippen LogP) is 3.78. The topological polar surface area (TPSA) is 76.1 Å². The standard InChI is InChI=1S/C25H25N5O2/c26-25(31)32-23-7-4-12-30-18-22(27-24(23)30)20-8-10-21(11-9-20)29-15-13-28(14-16-29)17-19-5-2-1-3-6-19/h1-12,18H,13-17H2,(H2,26,31). The average molecular weight is 428 g/mol. The molecule has 0 aliphatic carbocycles. The van der Waals surface area contributed by atoms with Gasteiger partial charge in [-0.05, 0) is 29.8 Å². The van der Waals surface area contributed by atoms with Crippen molar-refractivity contribution in [3.05, 3.63) is 84.7 Å². The van der Waals surface area contributed by atoms with Crippen molar-refractivity contribution in [2.45, 2.75) is 6.54 Å². The number of anilines is 1. The largest absolute Gasteiger partial charge is 0.410 e. The highest BCUT2D eigenvalue weighted by Gasteiger charge is 2.18. The molecular weight excluding hydrogens is 402 g/mol. The fraction of sp³-hybridized carbons (Fsp3) is 0.200. The number of nitrogens with zero attached hydrogens (tertiary/aromatic N) is 4. The molecule has 0 unspecified atom stereocenters. The third-order valence-electron chi connectivity index (χ3n) is 5.81. The average Bonchev–Trinajstić information content (AvgIpc) is 3.26. The Morgan fingerprint density at radius 3 is 2.41 bits per heavy atom. The van der Waals surface area contributed by atoms with Crippen molar-refractivity contribution in [2.75, 3.05) is 31.1 Å². The molecule has 2 N–H and O–H groups in total. The van der Waals surface area contributed by atoms with Crippen LogP contribution in [0.25, 0.3) is 16.9 Å². The lowest BCUT2D eigenvalue weighted by Crippen LogP contribution is -2.45. The Morgan fingerprint density at radius 1 is 0.938 bits per heavy atom. The van der Waals surface area contributed by atoms with Crippen LogP contribution in [0.1, 0.15) is 5.56 Å². The van der Waals surface area contributed by atoms with Gasteiger partial charge in [0.25, 0.3) is 0 Å². The molecule has 2 aromatic heterocycles. The molecule has 162 valence electrons. The first-order chi connectivity index (χ1) is 15.7. The minimum Gasteiger partial charge on any atom is -0.406 e. The van der Waals surface area contributed by atoms with Crippen molar-refractivity contribution < 1.29 is 9.53 Å². The number of pyridine rings is 1. The Kier molecular flexibility index (Phi) is 5.47. The summed E-state index contributed by atoms with van der Waals surface area (Å²) in [5, 5.41) is 0. The van der Waals surface area contributed by atoms with Gasteiger partial charge in [0, 0.05) is 56.4 Å². The Balaban J connectivity index is 1.26. The summed E-state index contributed by atoms with van der Waals surface area (Å²) in [6, 6.07) is 22.6. The van der Waals surface area contributed by atoms with Crippen molar-refractivity contribution in [1.29, 1.82) is 0 Å². The van der Waals surface area contributed by atoms with E-state index in [1.54, 1.807) is 12.1 Å². The van der Waals surface area contributed by atoms with E-state index < -0.39 is 6.09 Å². The summed E-state index contributed by atoms with van der Waals surface area (Å²) < 4.78 is 6.89. The fourth-order valence-electron chi connectivity index (χ4n) is 4.16. The van der Waals surface area contributed by atoms with Gasteiger partial charge >= 0.3 is 6.09 Å². The number of carbonyl (C=O) groups is 1. The van der Waals surface area contributed by atoms with Crippen LogP contribution in [0.2, 0.25) is 0 Å². The number of fused-ring (bicyclic) bond motifs is 1. The van der Waals surface area contributed by atoms with Crippen LogP contribution >= 0.6 is 0 Å². The normalized spacial score (nSPS) is 14.6. The lowest BCUT2D eigenvalue weighted by Gasteiger charge is -2.36. The molecule has 1 aliphatic heterocycles. The van der Waals surface area contributed by atoms with Gasteiger partial charge in [0.2, 0.25) is 0 Å². The molecule has 3 heterocycles. The summed E-state index contributed by atoms with van der Waals surface area (Å²) in [6.07, 6.45) is 2.93. The summed E-state index contributed by atoms with van der Waals surface area (Å²) in [5.41, 5.74) is 10.1. The lowest BCUT2D eigenvalue weighted by atomic mass is 10.1. The molecule has 7 heteroatoms. The van der Waals surface area contributed by atoms with E-state index in [2.05, 4.69) is 69.4 Å². The number of hydrogen-bond donors (Lipinski definition) is 1. The molecule has 32 heavy (non-hydrogen) atoms. The second-order valence-corrected chi connectivity index (χ2v) is 7.95. The van der Waals surface area contributed by atoms with E-state index in [-0.39, 0.29) is 0 Å². The van der Waals surface area contributed by atoms with Crippen molar-refractivity contribution in [2.24, 2.45) is 5.73 Å². The summed E-state index contributed by atoms with van der Waals surface area (Å²) in [4.78, 5) is 20.7. The number of amides is 1. The quantitative estimate of drug-likeness (QED) is 0.525. The number of rotatable bonds is 5. The number of imidazole rings is 1. The Bertz CT molecular complexity index is 1210. The Labute approximate surface area is 186 Å². The van der Waals surface area contributed by atoms with Crippen molar-refractivity contribution >= 4 is 17.4 Å². The third kappa shape index (κ3) is 4.29. The molecule has 1 fully saturated rings. The maximum Gasteiger partial charge on any atom is 0.410 e. The van der Waals surface area contributed by atoms with Gasteiger partial charge in [-0.1, -0.05) is 42.5 Å². The number of nitrogens with two attached hydrogens (primary N) is 1. The molecular formula is C25H25N5O2. The van der Waals surface area contributed by atoms with Crippen LogP contribution < -0.4 is 15.4 Å². The highest BCUT2D eigenvalue weighted by molar-refractivity contribution is 5.73. The molecule has 7 nitrogen and oxygen atoms in total. The molecule has 0 atom stereocenters. The van der Waals surface area contributed by atoms with Gasteiger partial charge in [-0.15, -0.1) is 0 Å². The van der Waals surface area contributed by atoms with Crippen molar-refractivity contribution in [1.82, 2.24) is 14.3 Å². The van der Waals surface area contributed by atoms with Gasteiger partial charge in [0.15, 0.2) is 11.4 Å². The lowest BCUT2D eigenvalue weighted by molar-refractivity contribution is 0.211. The molecule has 0 radical (unpaired) electrons. The highest BCUT2D eigenvalue weighted by atomic mass is 16.5. The van der Waals surface area contributed by atoms with E-state index in [4.69, 9.17) is 10.5 Å². The number of ether oxygens (including phenoxy) is 1. The van der Waals surface area contributed by atoms with E-state index in [1.165, 1.54) is 11.3 Å². The zero-order valence-electron chi connectivity index (χ0n) is 17.7. The smallest absolute Gasteiger partial charge is 0.406 e. The Morgan fingerprint density at radius 2 is 1.69 bits per heavy atom. The van der Waals surface area contributed by atoms with E-state index in [0.29, 0.717) is 11.4 Å². The second-order valence-electron chi connectivity index (χ2n) is 7.95. The van der Waals surface area contributed by atoms with Crippen LogP contribution in [0.4, 0.5) is 10.5 Å². The van der Waals surface area contributed by atoms with E-state index in [9.17, 15) is 4.79 Å². The maximum absolute atomic E-state index is 11.1. The van der Waals surface area contributed by atoms with E-state index >= 15 is 0 Å². The zero-order chi connectivity index (χ0) is 21.9. The summed E-state index contributed by atoms with van der Waals surface area (Å²) in [7, 11) is 0. The molecule has 1 amide bonds. The predicted molar refractivity (Wildman–Crippen MR) is 125 cm³/mol. The molecule has 4 aromatic rings. The Hall–Kier alpha value is -3.84. The molecule has 0 saturated carbocycles. The number of aromatic nitrogens is 2. The van der Waals surface area contributed by atoms with Gasteiger partial charge in [0.1, 0.15) is 0 Å². The fourth-order valence-corrected chi connectivity index (χ4v) is 4.16. The maximum atomic E-state index is 11.1. The van der Waals surface area contributed by atoms with Crippen LogP contribution in [-0.2, 0) is 6.54 Å². The summed E-state index contributed by atoms with van der Waals surface area (Å²) in [6.45, 7) is 5.11. The number of piperazine rings is 1. The zero-order valence-corrected chi connectivity index (χ0v) is 17.7. The van der Waals surface area contributed by atoms with Crippen LogP contribution in [0.3, 0.4) is 0 Å². The van der Waals surface area contributed by atoms with E-state index in [0.717, 1.165) is 44.0 Å². The van der Waals surface area contributed by atoms with E-state index in [1.807, 2.05) is 16.8 Å². The first-order valence-corrected chi connectivity index (χ1v) is 10.7. The van der Waals surface area contributed by atoms with Gasteiger partial charge < -0.3 is 19.8 Å². The van der Waals surface area contributed by atoms with Crippen molar-refractivity contribution in [3.63, 3.8) is 0 Å². The SMILES string of the molecule is NC(=O)Oc1cccn2cc(-c3ccc(N4CCN(Cc5ccccc5)CC4)cc3)nc12. The number of hydrogen-bond acceptors (Lipinski definition) is 5. The molecule has 1 aliphatic rings. The molecule has 1 saturated heterocycles. The number of benzene rings is 2. The van der Waals surface area contributed by atoms with Gasteiger partial charge in [0.05, 0.1) is 5.69 Å². The van der Waals surface area contributed by atoms with Crippen molar-refractivity contribution in [3.8, 4) is 17.0 Å². The molecule has 0 bridgehead atoms. The second kappa shape index (κ2) is 8.72.